The van der Waals surface area contributed by atoms with Crippen molar-refractivity contribution in [3.8, 4) is 10.4 Å². The van der Waals surface area contributed by atoms with E-state index in [-0.39, 0.29) is 30.7 Å². The Balaban J connectivity index is 1.63. The topological polar surface area (TPSA) is 138 Å². The molecule has 1 aromatic carbocycles. The smallest absolute Gasteiger partial charge is 0.246 e. The van der Waals surface area contributed by atoms with Crippen molar-refractivity contribution in [1.29, 1.82) is 0 Å². The Morgan fingerprint density at radius 2 is 1.89 bits per heavy atom. The van der Waals surface area contributed by atoms with Crippen molar-refractivity contribution in [2.45, 2.75) is 84.5 Å². The van der Waals surface area contributed by atoms with Crippen molar-refractivity contribution >= 4 is 29.1 Å². The summed E-state index contributed by atoms with van der Waals surface area (Å²) in [4.78, 5) is 46.2. The predicted molar refractivity (Wildman–Crippen MR) is 149 cm³/mol. The summed E-state index contributed by atoms with van der Waals surface area (Å²) in [6.07, 6.45) is 2.08. The highest BCUT2D eigenvalue weighted by Crippen LogP contribution is 2.28. The van der Waals surface area contributed by atoms with E-state index in [9.17, 15) is 19.5 Å². The molecule has 2 heterocycles. The number of likely N-dealkylation sites (tertiary alicyclic amines) is 1. The summed E-state index contributed by atoms with van der Waals surface area (Å²) in [5.74, 6) is -0.875. The maximum absolute atomic E-state index is 13.6. The molecule has 0 saturated carbocycles. The Bertz CT molecular complexity index is 1100. The minimum Gasteiger partial charge on any atom is -0.391 e. The van der Waals surface area contributed by atoms with Crippen LogP contribution >= 0.6 is 11.3 Å². The Kier molecular flexibility index (Phi) is 10.4. The molecule has 0 spiro atoms. The van der Waals surface area contributed by atoms with Gasteiger partial charge in [0.1, 0.15) is 12.1 Å². The van der Waals surface area contributed by atoms with E-state index in [2.05, 4.69) is 15.6 Å². The molecule has 1 aliphatic heterocycles. The molecule has 9 nitrogen and oxygen atoms in total. The van der Waals surface area contributed by atoms with Gasteiger partial charge in [-0.3, -0.25) is 14.4 Å². The Hall–Kier alpha value is -2.82. The molecule has 0 unspecified atom stereocenters. The molecule has 5 N–H and O–H groups in total. The Morgan fingerprint density at radius 3 is 2.50 bits per heavy atom. The second-order valence-corrected chi connectivity index (χ2v) is 11.9. The third-order valence-electron chi connectivity index (χ3n) is 6.82. The first-order valence-electron chi connectivity index (χ1n) is 13.3. The number of hydrogen-bond donors (Lipinski definition) is 4. The molecule has 10 heteroatoms. The standard InChI is InChI=1S/C28H41N5O4S/c1-18-24(38-17-31-18)20-11-9-19(10-12-20)15-30-26(36)22-14-21(34)16-33(22)27(37)25(28(2,3)4)32-23(35)8-6-5-7-13-29/h9-12,17,21-22,25,34H,5-8,13-16,29H2,1-4H3,(H,30,36)(H,32,35)/t21-,22+,25-/m1/s1. The maximum atomic E-state index is 13.6. The molecular weight excluding hydrogens is 502 g/mol. The van der Waals surface area contributed by atoms with Gasteiger partial charge >= 0.3 is 0 Å². The van der Waals surface area contributed by atoms with E-state index in [1.165, 1.54) is 4.90 Å². The van der Waals surface area contributed by atoms with Gasteiger partial charge < -0.3 is 26.4 Å². The van der Waals surface area contributed by atoms with E-state index in [1.807, 2.05) is 57.5 Å². The molecule has 0 radical (unpaired) electrons. The lowest BCUT2D eigenvalue weighted by Crippen LogP contribution is -2.57. The minimum atomic E-state index is -0.812. The fourth-order valence-electron chi connectivity index (χ4n) is 4.62. The first kappa shape index (κ1) is 29.7. The molecule has 0 aliphatic carbocycles. The van der Waals surface area contributed by atoms with E-state index in [4.69, 9.17) is 5.73 Å². The van der Waals surface area contributed by atoms with E-state index in [1.54, 1.807) is 11.3 Å². The predicted octanol–water partition coefficient (Wildman–Crippen LogP) is 2.75. The number of thiazole rings is 1. The molecule has 1 fully saturated rings. The first-order chi connectivity index (χ1) is 18.0. The van der Waals surface area contributed by atoms with E-state index >= 15 is 0 Å². The largest absolute Gasteiger partial charge is 0.391 e. The average molecular weight is 544 g/mol. The number of rotatable bonds is 11. The van der Waals surface area contributed by atoms with Crippen LogP contribution in [0.1, 0.15) is 64.1 Å². The van der Waals surface area contributed by atoms with Crippen LogP contribution < -0.4 is 16.4 Å². The van der Waals surface area contributed by atoms with Crippen LogP contribution in [-0.4, -0.2) is 64.0 Å². The highest BCUT2D eigenvalue weighted by Gasteiger charge is 2.44. The number of amides is 3. The highest BCUT2D eigenvalue weighted by molar-refractivity contribution is 7.13. The van der Waals surface area contributed by atoms with Crippen LogP contribution in [-0.2, 0) is 20.9 Å². The Morgan fingerprint density at radius 1 is 1.18 bits per heavy atom. The molecule has 0 bridgehead atoms. The molecule has 1 aliphatic rings. The summed E-state index contributed by atoms with van der Waals surface area (Å²) in [5, 5.41) is 16.2. The number of β-amino-alcohol motifs (C(OH)–C–C–N with tert-alkyl or cyclic N) is 1. The van der Waals surface area contributed by atoms with Gasteiger partial charge in [-0.15, -0.1) is 11.3 Å². The summed E-state index contributed by atoms with van der Waals surface area (Å²) in [6, 6.07) is 6.31. The summed E-state index contributed by atoms with van der Waals surface area (Å²) in [6.45, 7) is 8.55. The first-order valence-corrected chi connectivity index (χ1v) is 14.1. The van der Waals surface area contributed by atoms with Gasteiger partial charge in [-0.1, -0.05) is 51.5 Å². The number of aliphatic hydroxyl groups excluding tert-OH is 1. The molecular formula is C28H41N5O4S. The molecule has 1 saturated heterocycles. The SMILES string of the molecule is Cc1ncsc1-c1ccc(CNC(=O)[C@@H]2C[C@@H](O)CN2C(=O)[C@@H](NC(=O)CCCCCN)C(C)(C)C)cc1. The van der Waals surface area contributed by atoms with Crippen LogP contribution in [0.15, 0.2) is 29.8 Å². The van der Waals surface area contributed by atoms with Crippen molar-refractivity contribution < 1.29 is 19.5 Å². The van der Waals surface area contributed by atoms with Crippen LogP contribution in [0.3, 0.4) is 0 Å². The lowest BCUT2D eigenvalue weighted by atomic mass is 9.85. The van der Waals surface area contributed by atoms with Crippen LogP contribution in [0, 0.1) is 12.3 Å². The number of nitrogens with zero attached hydrogens (tertiary/aromatic N) is 2. The summed E-state index contributed by atoms with van der Waals surface area (Å²) in [7, 11) is 0. The number of nitrogens with two attached hydrogens (primary N) is 1. The summed E-state index contributed by atoms with van der Waals surface area (Å²) in [5.41, 5.74) is 9.75. The fourth-order valence-corrected chi connectivity index (χ4v) is 5.43. The second kappa shape index (κ2) is 13.3. The molecule has 208 valence electrons. The number of nitrogens with one attached hydrogen (secondary N) is 2. The number of carbonyl (C=O) groups excluding carboxylic acids is 3. The van der Waals surface area contributed by atoms with Crippen molar-refractivity contribution in [3.05, 3.63) is 41.0 Å². The molecule has 38 heavy (non-hydrogen) atoms. The van der Waals surface area contributed by atoms with E-state index in [0.29, 0.717) is 25.9 Å². The molecule has 3 atom stereocenters. The Labute approximate surface area is 229 Å². The summed E-state index contributed by atoms with van der Waals surface area (Å²) >= 11 is 1.59. The van der Waals surface area contributed by atoms with Gasteiger partial charge in [-0.2, -0.15) is 0 Å². The number of unbranched alkanes of at least 4 members (excludes halogenated alkanes) is 2. The zero-order valence-corrected chi connectivity index (χ0v) is 23.6. The number of aliphatic hydroxyl groups is 1. The average Bonchev–Trinajstić information content (AvgIpc) is 3.48. The van der Waals surface area contributed by atoms with Crippen molar-refractivity contribution in [2.24, 2.45) is 11.1 Å². The number of benzene rings is 1. The van der Waals surface area contributed by atoms with Crippen LogP contribution in [0.2, 0.25) is 0 Å². The normalized spacial score (nSPS) is 18.3. The van der Waals surface area contributed by atoms with Gasteiger partial charge in [0.25, 0.3) is 0 Å². The van der Waals surface area contributed by atoms with Crippen molar-refractivity contribution in [3.63, 3.8) is 0 Å². The van der Waals surface area contributed by atoms with Crippen LogP contribution in [0.5, 0.6) is 0 Å². The van der Waals surface area contributed by atoms with Gasteiger partial charge in [0.2, 0.25) is 17.7 Å². The van der Waals surface area contributed by atoms with Crippen molar-refractivity contribution in [2.75, 3.05) is 13.1 Å². The second-order valence-electron chi connectivity index (χ2n) is 11.0. The maximum Gasteiger partial charge on any atom is 0.246 e. The minimum absolute atomic E-state index is 0.0543. The van der Waals surface area contributed by atoms with E-state index < -0.39 is 23.6 Å². The number of carbonyl (C=O) groups is 3. The fraction of sp³-hybridized carbons (Fsp3) is 0.571. The van der Waals surface area contributed by atoms with Crippen molar-refractivity contribution in [1.82, 2.24) is 20.5 Å². The molecule has 3 amide bonds. The van der Waals surface area contributed by atoms with Gasteiger partial charge in [0, 0.05) is 25.9 Å². The van der Waals surface area contributed by atoms with Crippen LogP contribution in [0.25, 0.3) is 10.4 Å². The summed E-state index contributed by atoms with van der Waals surface area (Å²) < 4.78 is 0. The monoisotopic (exact) mass is 543 g/mol. The molecule has 1 aromatic heterocycles. The van der Waals surface area contributed by atoms with Gasteiger partial charge in [-0.05, 0) is 42.9 Å². The third-order valence-corrected chi connectivity index (χ3v) is 7.80. The van der Waals surface area contributed by atoms with Gasteiger partial charge in [-0.25, -0.2) is 4.98 Å². The zero-order chi connectivity index (χ0) is 27.9. The quantitative estimate of drug-likeness (QED) is 0.322. The number of aromatic nitrogens is 1. The van der Waals surface area contributed by atoms with Gasteiger partial charge in [0.05, 0.1) is 22.2 Å². The third kappa shape index (κ3) is 7.85. The lowest BCUT2D eigenvalue weighted by molar-refractivity contribution is -0.144. The zero-order valence-electron chi connectivity index (χ0n) is 22.8. The van der Waals surface area contributed by atoms with Gasteiger partial charge in [0.15, 0.2) is 0 Å². The number of hydrogen-bond acceptors (Lipinski definition) is 7. The van der Waals surface area contributed by atoms with E-state index in [0.717, 1.165) is 34.5 Å². The molecule has 2 aromatic rings. The van der Waals surface area contributed by atoms with Crippen LogP contribution in [0.4, 0.5) is 0 Å². The lowest BCUT2D eigenvalue weighted by Gasteiger charge is -2.35. The highest BCUT2D eigenvalue weighted by atomic mass is 32.1. The number of aryl methyl sites for hydroxylation is 1. The molecule has 3 rings (SSSR count).